The molecule has 3 aromatic carbocycles. The van der Waals surface area contributed by atoms with Crippen LogP contribution in [0.3, 0.4) is 0 Å². The standard InChI is InChI=1S/C33H34F7N3O3/c1-20-13-27(34)9-10-28(20)29-19-42(18-23-7-5-22(6-8-23)14-30(44)46-4)11-12-43(29)31(45)41(3)21(2)24-15-25(32(35,36)37)17-26(16-24)33(38,39)40/h5-10,13,15-17,21,29H,11-12,14,18-19H2,1-4H3/t21?,29-/m1/s1. The van der Waals surface area contributed by atoms with Crippen LogP contribution < -0.4 is 0 Å². The van der Waals surface area contributed by atoms with Crippen molar-refractivity contribution in [3.05, 3.63) is 105 Å². The van der Waals surface area contributed by atoms with Crippen molar-refractivity contribution in [1.82, 2.24) is 14.7 Å². The molecule has 4 rings (SSSR count). The lowest BCUT2D eigenvalue weighted by Crippen LogP contribution is -2.53. The van der Waals surface area contributed by atoms with E-state index < -0.39 is 47.4 Å². The number of methoxy groups -OCH3 is 1. The van der Waals surface area contributed by atoms with Crippen molar-refractivity contribution in [3.63, 3.8) is 0 Å². The first-order valence-corrected chi connectivity index (χ1v) is 14.4. The van der Waals surface area contributed by atoms with Gasteiger partial charge in [-0.2, -0.15) is 26.3 Å². The number of esters is 1. The zero-order valence-corrected chi connectivity index (χ0v) is 25.7. The molecule has 0 aliphatic carbocycles. The second kappa shape index (κ2) is 13.7. The van der Waals surface area contributed by atoms with Crippen LogP contribution in [-0.2, 0) is 34.8 Å². The Bertz CT molecular complexity index is 1530. The summed E-state index contributed by atoms with van der Waals surface area (Å²) in [5.74, 6) is -0.825. The average Bonchev–Trinajstić information content (AvgIpc) is 2.99. The summed E-state index contributed by atoms with van der Waals surface area (Å²) in [5.41, 5.74) is -0.271. The molecule has 0 saturated carbocycles. The van der Waals surface area contributed by atoms with Crippen molar-refractivity contribution in [2.75, 3.05) is 33.8 Å². The highest BCUT2D eigenvalue weighted by Crippen LogP contribution is 2.39. The van der Waals surface area contributed by atoms with Crippen LogP contribution in [0.15, 0.2) is 60.7 Å². The first kappa shape index (κ1) is 34.7. The number of alkyl halides is 6. The largest absolute Gasteiger partial charge is 0.469 e. The van der Waals surface area contributed by atoms with Crippen molar-refractivity contribution in [1.29, 1.82) is 0 Å². The summed E-state index contributed by atoms with van der Waals surface area (Å²) in [7, 11) is 2.64. The summed E-state index contributed by atoms with van der Waals surface area (Å²) in [6.07, 6.45) is -9.92. The highest BCUT2D eigenvalue weighted by Gasteiger charge is 2.39. The van der Waals surface area contributed by atoms with Crippen LogP contribution >= 0.6 is 0 Å². The van der Waals surface area contributed by atoms with Gasteiger partial charge in [-0.25, -0.2) is 9.18 Å². The third-order valence-corrected chi connectivity index (χ3v) is 8.28. The Kier molecular flexibility index (Phi) is 10.3. The molecule has 1 saturated heterocycles. The number of ether oxygens (including phenoxy) is 1. The van der Waals surface area contributed by atoms with Gasteiger partial charge in [-0.3, -0.25) is 9.69 Å². The summed E-state index contributed by atoms with van der Waals surface area (Å²) >= 11 is 0. The van der Waals surface area contributed by atoms with Crippen LogP contribution in [0.1, 0.15) is 58.0 Å². The third kappa shape index (κ3) is 8.17. The topological polar surface area (TPSA) is 53.1 Å². The van der Waals surface area contributed by atoms with E-state index in [9.17, 15) is 40.3 Å². The zero-order chi connectivity index (χ0) is 34.0. The molecule has 1 aliphatic heterocycles. The Morgan fingerprint density at radius 3 is 2.04 bits per heavy atom. The van der Waals surface area contributed by atoms with E-state index >= 15 is 0 Å². The number of carbonyl (C=O) groups excluding carboxylic acids is 2. The average molecular weight is 654 g/mol. The van der Waals surface area contributed by atoms with Crippen molar-refractivity contribution in [3.8, 4) is 0 Å². The molecule has 13 heteroatoms. The Labute approximate surface area is 262 Å². The van der Waals surface area contributed by atoms with Gasteiger partial charge < -0.3 is 14.5 Å². The van der Waals surface area contributed by atoms with Crippen LogP contribution in [0.2, 0.25) is 0 Å². The van der Waals surface area contributed by atoms with Gasteiger partial charge in [-0.15, -0.1) is 0 Å². The molecule has 0 N–H and O–H groups in total. The van der Waals surface area contributed by atoms with Crippen LogP contribution in [0.5, 0.6) is 0 Å². The van der Waals surface area contributed by atoms with Gasteiger partial charge in [0.1, 0.15) is 5.82 Å². The number of piperazine rings is 1. The van der Waals surface area contributed by atoms with Crippen molar-refractivity contribution >= 4 is 12.0 Å². The number of rotatable bonds is 7. The fourth-order valence-electron chi connectivity index (χ4n) is 5.56. The Balaban J connectivity index is 1.60. The van der Waals surface area contributed by atoms with Gasteiger partial charge in [0.25, 0.3) is 0 Å². The van der Waals surface area contributed by atoms with E-state index in [0.29, 0.717) is 42.9 Å². The first-order valence-electron chi connectivity index (χ1n) is 14.4. The van der Waals surface area contributed by atoms with E-state index in [-0.39, 0.29) is 30.6 Å². The molecular weight excluding hydrogens is 619 g/mol. The lowest BCUT2D eigenvalue weighted by Gasteiger charge is -2.44. The second-order valence-electron chi connectivity index (χ2n) is 11.4. The van der Waals surface area contributed by atoms with Gasteiger partial charge in [-0.05, 0) is 72.0 Å². The quantitative estimate of drug-likeness (QED) is 0.195. The van der Waals surface area contributed by atoms with E-state index in [1.807, 2.05) is 24.3 Å². The number of halogens is 7. The molecule has 3 aromatic rings. The van der Waals surface area contributed by atoms with E-state index in [4.69, 9.17) is 4.74 Å². The van der Waals surface area contributed by atoms with Crippen LogP contribution in [0.25, 0.3) is 0 Å². The number of hydrogen-bond donors (Lipinski definition) is 0. The molecule has 2 amide bonds. The Morgan fingerprint density at radius 2 is 1.50 bits per heavy atom. The third-order valence-electron chi connectivity index (χ3n) is 8.28. The monoisotopic (exact) mass is 653 g/mol. The predicted molar refractivity (Wildman–Crippen MR) is 156 cm³/mol. The first-order chi connectivity index (χ1) is 21.5. The highest BCUT2D eigenvalue weighted by molar-refractivity contribution is 5.76. The molecule has 2 atom stereocenters. The van der Waals surface area contributed by atoms with Crippen LogP contribution in [0, 0.1) is 12.7 Å². The van der Waals surface area contributed by atoms with E-state index in [1.165, 1.54) is 38.1 Å². The molecule has 0 aromatic heterocycles. The van der Waals surface area contributed by atoms with E-state index in [1.54, 1.807) is 13.0 Å². The number of hydrogen-bond acceptors (Lipinski definition) is 4. The number of benzene rings is 3. The molecular formula is C33H34F7N3O3. The van der Waals surface area contributed by atoms with Gasteiger partial charge in [0.05, 0.1) is 36.7 Å². The summed E-state index contributed by atoms with van der Waals surface area (Å²) in [4.78, 5) is 30.3. The fraction of sp³-hybridized carbons (Fsp3) is 0.394. The molecule has 1 heterocycles. The van der Waals surface area contributed by atoms with E-state index in [2.05, 4.69) is 4.90 Å². The molecule has 0 bridgehead atoms. The fourth-order valence-corrected chi connectivity index (χ4v) is 5.56. The normalized spacial score (nSPS) is 16.7. The minimum Gasteiger partial charge on any atom is -0.469 e. The summed E-state index contributed by atoms with van der Waals surface area (Å²) in [6, 6.07) is 10.6. The number of carbonyl (C=O) groups is 2. The van der Waals surface area contributed by atoms with Gasteiger partial charge in [0.15, 0.2) is 0 Å². The lowest BCUT2D eigenvalue weighted by molar-refractivity contribution is -0.143. The Morgan fingerprint density at radius 1 is 0.913 bits per heavy atom. The van der Waals surface area contributed by atoms with Gasteiger partial charge in [-0.1, -0.05) is 30.3 Å². The zero-order valence-electron chi connectivity index (χ0n) is 25.7. The maximum atomic E-state index is 14.0. The highest BCUT2D eigenvalue weighted by atomic mass is 19.4. The SMILES string of the molecule is COC(=O)Cc1ccc(CN2CCN(C(=O)N(C)C(C)c3cc(C(F)(F)F)cc(C(F)(F)F)c3)[C@@H](c3ccc(F)cc3C)C2)cc1. The predicted octanol–water partition coefficient (Wildman–Crippen LogP) is 7.56. The maximum absolute atomic E-state index is 14.0. The number of aryl methyl sites for hydroxylation is 1. The summed E-state index contributed by atoms with van der Waals surface area (Å²) in [6.45, 7) is 4.49. The van der Waals surface area contributed by atoms with Crippen LogP contribution in [0.4, 0.5) is 35.5 Å². The molecule has 46 heavy (non-hydrogen) atoms. The maximum Gasteiger partial charge on any atom is 0.416 e. The van der Waals surface area contributed by atoms with Crippen molar-refractivity contribution in [2.45, 2.75) is 51.2 Å². The van der Waals surface area contributed by atoms with Crippen molar-refractivity contribution < 1.29 is 45.1 Å². The number of amides is 2. The molecule has 0 radical (unpaired) electrons. The Hall–Kier alpha value is -4.13. The lowest BCUT2D eigenvalue weighted by atomic mass is 9.96. The molecule has 1 aliphatic rings. The number of nitrogens with zero attached hydrogens (tertiary/aromatic N) is 3. The molecule has 1 unspecified atom stereocenters. The minimum absolute atomic E-state index is 0.0529. The minimum atomic E-state index is -5.03. The summed E-state index contributed by atoms with van der Waals surface area (Å²) in [5, 5.41) is 0. The van der Waals surface area contributed by atoms with Gasteiger partial charge >= 0.3 is 24.4 Å². The van der Waals surface area contributed by atoms with Crippen molar-refractivity contribution in [2.24, 2.45) is 0 Å². The van der Waals surface area contributed by atoms with Gasteiger partial charge in [0, 0.05) is 33.2 Å². The molecule has 1 fully saturated rings. The second-order valence-corrected chi connectivity index (χ2v) is 11.4. The number of urea groups is 1. The smallest absolute Gasteiger partial charge is 0.416 e. The molecule has 6 nitrogen and oxygen atoms in total. The van der Waals surface area contributed by atoms with E-state index in [0.717, 1.165) is 16.0 Å². The molecule has 0 spiro atoms. The van der Waals surface area contributed by atoms with Crippen LogP contribution in [-0.4, -0.2) is 60.5 Å². The summed E-state index contributed by atoms with van der Waals surface area (Å²) < 4.78 is 99.9. The van der Waals surface area contributed by atoms with Gasteiger partial charge in [0.2, 0.25) is 0 Å². The molecule has 248 valence electrons.